The first kappa shape index (κ1) is 20.2. The molecule has 0 aliphatic carbocycles. The highest BCUT2D eigenvalue weighted by Gasteiger charge is 2.41. The number of halogens is 4. The molecule has 0 radical (unpaired) electrons. The van der Waals surface area contributed by atoms with Crippen molar-refractivity contribution in [2.75, 3.05) is 18.0 Å². The van der Waals surface area contributed by atoms with Crippen molar-refractivity contribution >= 4 is 23.7 Å². The minimum atomic E-state index is -5.00. The van der Waals surface area contributed by atoms with E-state index in [1.807, 2.05) is 0 Å². The van der Waals surface area contributed by atoms with Crippen LogP contribution in [0.25, 0.3) is 0 Å². The number of urea groups is 1. The number of nitrogens with zero attached hydrogens (tertiary/aromatic N) is 4. The molecule has 0 saturated carbocycles. The largest absolute Gasteiger partial charge is 0.476 e. The molecule has 0 bridgehead atoms. The van der Waals surface area contributed by atoms with E-state index in [0.717, 1.165) is 17.0 Å². The number of carbonyl (C=O) groups excluding carboxylic acids is 2. The van der Waals surface area contributed by atoms with Crippen molar-refractivity contribution in [1.82, 2.24) is 15.1 Å². The maximum Gasteiger partial charge on any atom is 0.417 e. The second-order valence-electron chi connectivity index (χ2n) is 5.99. The summed E-state index contributed by atoms with van der Waals surface area (Å²) in [5.41, 5.74) is -3.12. The molecule has 2 heterocycles. The molecular weight excluding hydrogens is 400 g/mol. The fourth-order valence-electron chi connectivity index (χ4n) is 2.82. The van der Waals surface area contributed by atoms with Crippen LogP contribution in [-0.2, 0) is 6.18 Å². The number of aromatic nitrogens is 2. The van der Waals surface area contributed by atoms with E-state index in [0.29, 0.717) is 17.0 Å². The van der Waals surface area contributed by atoms with Crippen molar-refractivity contribution < 1.29 is 37.1 Å². The molecule has 29 heavy (non-hydrogen) atoms. The Morgan fingerprint density at radius 3 is 2.38 bits per heavy atom. The lowest BCUT2D eigenvalue weighted by Gasteiger charge is -2.33. The number of carbonyl (C=O) groups is 3. The summed E-state index contributed by atoms with van der Waals surface area (Å²) in [7, 11) is 0. The van der Waals surface area contributed by atoms with Crippen LogP contribution in [0.3, 0.4) is 0 Å². The predicted molar refractivity (Wildman–Crippen MR) is 88.8 cm³/mol. The second kappa shape index (κ2) is 7.45. The first-order valence-corrected chi connectivity index (χ1v) is 8.17. The number of rotatable bonds is 3. The molecule has 3 amide bonds. The summed E-state index contributed by atoms with van der Waals surface area (Å²) in [4.78, 5) is 37.6. The van der Waals surface area contributed by atoms with Crippen LogP contribution < -0.4 is 4.90 Å². The molecular formula is C17H12F4N4O4. The van der Waals surface area contributed by atoms with Crippen molar-refractivity contribution in [1.29, 1.82) is 0 Å². The molecule has 1 saturated heterocycles. The van der Waals surface area contributed by atoms with Gasteiger partial charge in [-0.1, -0.05) is 6.07 Å². The normalized spacial score (nSPS) is 14.8. The number of hydrogen-bond acceptors (Lipinski definition) is 5. The highest BCUT2D eigenvalue weighted by molar-refractivity contribution is 6.09. The Hall–Kier alpha value is -3.57. The molecule has 1 aliphatic rings. The summed E-state index contributed by atoms with van der Waals surface area (Å²) in [6.07, 6.45) is -4.82. The van der Waals surface area contributed by atoms with Crippen molar-refractivity contribution in [2.45, 2.75) is 12.6 Å². The van der Waals surface area contributed by atoms with Gasteiger partial charge in [0, 0.05) is 13.1 Å². The van der Waals surface area contributed by atoms with E-state index in [4.69, 9.17) is 5.11 Å². The van der Waals surface area contributed by atoms with E-state index in [2.05, 4.69) is 10.2 Å². The Balaban J connectivity index is 1.93. The zero-order valence-corrected chi connectivity index (χ0v) is 14.5. The number of carboxylic acid groups (broad SMARTS) is 1. The summed E-state index contributed by atoms with van der Waals surface area (Å²) in [5.74, 6) is -4.27. The first-order valence-electron chi connectivity index (χ1n) is 8.17. The molecule has 0 spiro atoms. The Morgan fingerprint density at radius 2 is 1.79 bits per heavy atom. The third-order valence-electron chi connectivity index (χ3n) is 4.15. The SMILES string of the molecule is O=C(O)c1ccc(N2CCCN(C(=O)c3c(F)cccc3C(F)(F)F)C2=O)nn1. The zero-order chi connectivity index (χ0) is 21.3. The molecule has 0 atom stereocenters. The Bertz CT molecular complexity index is 978. The van der Waals surface area contributed by atoms with Crippen molar-refractivity contribution in [3.63, 3.8) is 0 Å². The summed E-state index contributed by atoms with van der Waals surface area (Å²) >= 11 is 0. The molecule has 1 aromatic heterocycles. The van der Waals surface area contributed by atoms with Gasteiger partial charge in [-0.25, -0.2) is 14.0 Å². The lowest BCUT2D eigenvalue weighted by Crippen LogP contribution is -2.52. The number of imide groups is 1. The van der Waals surface area contributed by atoms with E-state index in [1.165, 1.54) is 6.07 Å². The summed E-state index contributed by atoms with van der Waals surface area (Å²) in [5, 5.41) is 15.9. The quantitative estimate of drug-likeness (QED) is 0.778. The number of alkyl halides is 3. The molecule has 152 valence electrons. The summed E-state index contributed by atoms with van der Waals surface area (Å²) < 4.78 is 53.7. The monoisotopic (exact) mass is 412 g/mol. The average Bonchev–Trinajstić information content (AvgIpc) is 2.67. The van der Waals surface area contributed by atoms with Crippen LogP contribution in [0.15, 0.2) is 30.3 Å². The lowest BCUT2D eigenvalue weighted by molar-refractivity contribution is -0.138. The molecule has 1 fully saturated rings. The molecule has 2 aromatic rings. The summed E-state index contributed by atoms with van der Waals surface area (Å²) in [6, 6.07) is 3.31. The van der Waals surface area contributed by atoms with Gasteiger partial charge >= 0.3 is 18.2 Å². The van der Waals surface area contributed by atoms with Crippen LogP contribution in [0.5, 0.6) is 0 Å². The van der Waals surface area contributed by atoms with Crippen LogP contribution in [-0.4, -0.2) is 51.2 Å². The molecule has 1 aromatic carbocycles. The smallest absolute Gasteiger partial charge is 0.417 e. The van der Waals surface area contributed by atoms with Crippen LogP contribution >= 0.6 is 0 Å². The van der Waals surface area contributed by atoms with Gasteiger partial charge in [-0.3, -0.25) is 14.6 Å². The van der Waals surface area contributed by atoms with Gasteiger partial charge in [0.15, 0.2) is 11.5 Å². The fourth-order valence-corrected chi connectivity index (χ4v) is 2.82. The van der Waals surface area contributed by atoms with Gasteiger partial charge in [-0.15, -0.1) is 10.2 Å². The van der Waals surface area contributed by atoms with Gasteiger partial charge in [-0.2, -0.15) is 13.2 Å². The fraction of sp³-hybridized carbons (Fsp3) is 0.235. The van der Waals surface area contributed by atoms with Gasteiger partial charge in [0.25, 0.3) is 5.91 Å². The predicted octanol–water partition coefficient (Wildman–Crippen LogP) is 2.81. The number of benzene rings is 1. The molecule has 1 N–H and O–H groups in total. The van der Waals surface area contributed by atoms with Crippen LogP contribution in [0, 0.1) is 5.82 Å². The number of hydrogen-bond donors (Lipinski definition) is 1. The van der Waals surface area contributed by atoms with Crippen molar-refractivity contribution in [3.8, 4) is 0 Å². The Morgan fingerprint density at radius 1 is 1.07 bits per heavy atom. The minimum Gasteiger partial charge on any atom is -0.476 e. The average molecular weight is 412 g/mol. The highest BCUT2D eigenvalue weighted by Crippen LogP contribution is 2.34. The molecule has 1 aliphatic heterocycles. The van der Waals surface area contributed by atoms with Gasteiger partial charge in [0.2, 0.25) is 0 Å². The number of carboxylic acids is 1. The summed E-state index contributed by atoms with van der Waals surface area (Å²) in [6.45, 7) is -0.159. The van der Waals surface area contributed by atoms with Crippen LogP contribution in [0.2, 0.25) is 0 Å². The van der Waals surface area contributed by atoms with Crippen molar-refractivity contribution in [2.24, 2.45) is 0 Å². The molecule has 8 nitrogen and oxygen atoms in total. The van der Waals surface area contributed by atoms with Crippen LogP contribution in [0.4, 0.5) is 28.2 Å². The maximum atomic E-state index is 14.1. The number of amides is 3. The van der Waals surface area contributed by atoms with Gasteiger partial charge < -0.3 is 5.11 Å². The van der Waals surface area contributed by atoms with Crippen molar-refractivity contribution in [3.05, 3.63) is 53.0 Å². The number of aromatic carboxylic acids is 1. The first-order chi connectivity index (χ1) is 13.6. The van der Waals surface area contributed by atoms with E-state index in [-0.39, 0.29) is 31.0 Å². The zero-order valence-electron chi connectivity index (χ0n) is 14.5. The number of anilines is 1. The maximum absolute atomic E-state index is 14.1. The van der Waals surface area contributed by atoms with E-state index < -0.39 is 41.0 Å². The van der Waals surface area contributed by atoms with Gasteiger partial charge in [0.05, 0.1) is 11.1 Å². The topological polar surface area (TPSA) is 104 Å². The van der Waals surface area contributed by atoms with E-state index >= 15 is 0 Å². The molecule has 3 rings (SSSR count). The van der Waals surface area contributed by atoms with Gasteiger partial charge in [0.1, 0.15) is 5.82 Å². The van der Waals surface area contributed by atoms with E-state index in [1.54, 1.807) is 0 Å². The standard InChI is InChI=1S/C17H12F4N4O4/c18-10-4-1-3-9(17(19,20)21)13(10)14(26)25-8-2-7-24(16(25)29)12-6-5-11(15(27)28)22-23-12/h1,3-6H,2,7-8H2,(H,27,28). The third kappa shape index (κ3) is 3.86. The Labute approximate surface area is 160 Å². The minimum absolute atomic E-state index is 0.0626. The van der Waals surface area contributed by atoms with Gasteiger partial charge in [-0.05, 0) is 30.7 Å². The molecule has 12 heteroatoms. The van der Waals surface area contributed by atoms with E-state index in [9.17, 15) is 31.9 Å². The third-order valence-corrected chi connectivity index (χ3v) is 4.15. The lowest BCUT2D eigenvalue weighted by atomic mass is 10.0. The highest BCUT2D eigenvalue weighted by atomic mass is 19.4. The van der Waals surface area contributed by atoms with Crippen LogP contribution in [0.1, 0.15) is 32.8 Å². The second-order valence-corrected chi connectivity index (χ2v) is 5.99. The molecule has 0 unspecified atom stereocenters. The Kier molecular flexibility index (Phi) is 5.18.